The Morgan fingerprint density at radius 2 is 2.00 bits per heavy atom. The zero-order valence-corrected chi connectivity index (χ0v) is 14.3. The van der Waals surface area contributed by atoms with Crippen LogP contribution in [0.25, 0.3) is 0 Å². The first-order valence-corrected chi connectivity index (χ1v) is 8.80. The van der Waals surface area contributed by atoms with E-state index in [0.717, 1.165) is 18.2 Å². The van der Waals surface area contributed by atoms with Crippen molar-refractivity contribution in [3.63, 3.8) is 0 Å². The molecule has 0 aromatic rings. The molecule has 1 aliphatic heterocycles. The summed E-state index contributed by atoms with van der Waals surface area (Å²) in [5.74, 6) is 1.35. The molecule has 0 bridgehead atoms. The van der Waals surface area contributed by atoms with Crippen molar-refractivity contribution in [2.45, 2.75) is 38.6 Å². The first-order valence-electron chi connectivity index (χ1n) is 7.67. The Balaban J connectivity index is 2.11. The van der Waals surface area contributed by atoms with E-state index in [1.165, 1.54) is 13.5 Å². The number of carbonyl (C=O) groups is 2. The third kappa shape index (κ3) is 3.71. The van der Waals surface area contributed by atoms with Gasteiger partial charge in [-0.1, -0.05) is 15.9 Å². The van der Waals surface area contributed by atoms with E-state index >= 15 is 0 Å². The summed E-state index contributed by atoms with van der Waals surface area (Å²) in [5, 5.41) is 1.01. The topological polar surface area (TPSA) is 55.8 Å². The largest absolute Gasteiger partial charge is 0.464 e. The summed E-state index contributed by atoms with van der Waals surface area (Å²) < 4.78 is 9.98. The number of rotatable bonds is 3. The Morgan fingerprint density at radius 3 is 2.62 bits per heavy atom. The first kappa shape index (κ1) is 16.6. The molecule has 5 nitrogen and oxygen atoms in total. The van der Waals surface area contributed by atoms with Gasteiger partial charge < -0.3 is 9.47 Å². The number of alkyl halides is 1. The van der Waals surface area contributed by atoms with Crippen LogP contribution in [-0.2, 0) is 14.3 Å². The lowest BCUT2D eigenvalue weighted by molar-refractivity contribution is -0.152. The molecule has 1 heterocycles. The number of hydrogen-bond acceptors (Lipinski definition) is 4. The van der Waals surface area contributed by atoms with Gasteiger partial charge in [-0.25, -0.2) is 9.59 Å². The van der Waals surface area contributed by atoms with Crippen LogP contribution in [0.5, 0.6) is 0 Å². The van der Waals surface area contributed by atoms with Gasteiger partial charge in [-0.15, -0.1) is 0 Å². The van der Waals surface area contributed by atoms with Gasteiger partial charge in [-0.05, 0) is 50.4 Å². The Kier molecular flexibility index (Phi) is 5.90. The number of ether oxygens (including phenoxy) is 2. The van der Waals surface area contributed by atoms with E-state index in [0.29, 0.717) is 37.3 Å². The number of carbonyl (C=O) groups excluding carboxylic acids is 2. The number of piperidine rings is 1. The van der Waals surface area contributed by atoms with Crippen molar-refractivity contribution in [3.8, 4) is 0 Å². The van der Waals surface area contributed by atoms with E-state index in [4.69, 9.17) is 9.47 Å². The molecule has 1 saturated heterocycles. The number of fused-ring (bicyclic) bond motifs is 1. The fourth-order valence-corrected chi connectivity index (χ4v) is 4.26. The zero-order chi connectivity index (χ0) is 15.4. The molecular formula is C15H24BrNO4. The molecule has 2 fully saturated rings. The highest BCUT2D eigenvalue weighted by atomic mass is 79.9. The van der Waals surface area contributed by atoms with Gasteiger partial charge in [-0.3, -0.25) is 4.90 Å². The minimum Gasteiger partial charge on any atom is -0.464 e. The van der Waals surface area contributed by atoms with Crippen LogP contribution in [0.15, 0.2) is 0 Å². The fourth-order valence-electron chi connectivity index (χ4n) is 3.67. The summed E-state index contributed by atoms with van der Waals surface area (Å²) in [6.45, 7) is 2.73. The summed E-state index contributed by atoms with van der Waals surface area (Å²) in [6, 6.07) is -0.493. The van der Waals surface area contributed by atoms with E-state index in [1.807, 2.05) is 0 Å². The highest BCUT2D eigenvalue weighted by Crippen LogP contribution is 2.41. The van der Waals surface area contributed by atoms with Crippen LogP contribution in [0.1, 0.15) is 32.6 Å². The van der Waals surface area contributed by atoms with Crippen LogP contribution in [0.3, 0.4) is 0 Å². The Labute approximate surface area is 134 Å². The van der Waals surface area contributed by atoms with E-state index < -0.39 is 12.1 Å². The van der Waals surface area contributed by atoms with Gasteiger partial charge in [0.1, 0.15) is 6.04 Å². The van der Waals surface area contributed by atoms with Crippen LogP contribution in [0, 0.1) is 17.8 Å². The van der Waals surface area contributed by atoms with Crippen LogP contribution < -0.4 is 0 Å². The van der Waals surface area contributed by atoms with Gasteiger partial charge in [0.2, 0.25) is 0 Å². The number of halogens is 1. The number of methoxy groups -OCH3 is 1. The van der Waals surface area contributed by atoms with Crippen molar-refractivity contribution in [2.24, 2.45) is 17.8 Å². The standard InChI is InChI=1S/C15H24BrNO4/c1-3-21-14(18)13-7-12-6-10(8-16)4-5-11(12)9-17(13)15(19)20-2/h10-13H,3-9H2,1-2H3/t10-,11-,12+,13-/m0/s1. The molecule has 0 aromatic carbocycles. The molecule has 21 heavy (non-hydrogen) atoms. The Bertz CT molecular complexity index is 390. The van der Waals surface area contributed by atoms with Gasteiger partial charge in [0.25, 0.3) is 0 Å². The van der Waals surface area contributed by atoms with E-state index in [2.05, 4.69) is 15.9 Å². The van der Waals surface area contributed by atoms with E-state index in [-0.39, 0.29) is 5.97 Å². The average molecular weight is 362 g/mol. The maximum atomic E-state index is 12.2. The Hall–Kier alpha value is -0.780. The number of likely N-dealkylation sites (tertiary alicyclic amines) is 1. The van der Waals surface area contributed by atoms with Gasteiger partial charge in [0.05, 0.1) is 13.7 Å². The number of esters is 1. The molecule has 120 valence electrons. The smallest absolute Gasteiger partial charge is 0.410 e. The highest BCUT2D eigenvalue weighted by Gasteiger charge is 2.44. The van der Waals surface area contributed by atoms with Crippen molar-refractivity contribution < 1.29 is 19.1 Å². The molecule has 0 aromatic heterocycles. The van der Waals surface area contributed by atoms with Crippen molar-refractivity contribution >= 4 is 28.0 Å². The van der Waals surface area contributed by atoms with Crippen LogP contribution in [0.4, 0.5) is 4.79 Å². The highest BCUT2D eigenvalue weighted by molar-refractivity contribution is 9.09. The van der Waals surface area contributed by atoms with Gasteiger partial charge in [-0.2, -0.15) is 0 Å². The quantitative estimate of drug-likeness (QED) is 0.572. The predicted molar refractivity (Wildman–Crippen MR) is 82.3 cm³/mol. The van der Waals surface area contributed by atoms with Crippen LogP contribution in [-0.4, -0.2) is 48.6 Å². The second kappa shape index (κ2) is 7.47. The van der Waals surface area contributed by atoms with Crippen LogP contribution in [0.2, 0.25) is 0 Å². The summed E-state index contributed by atoms with van der Waals surface area (Å²) in [4.78, 5) is 25.7. The average Bonchev–Trinajstić information content (AvgIpc) is 2.52. The molecule has 1 aliphatic carbocycles. The summed E-state index contributed by atoms with van der Waals surface area (Å²) in [7, 11) is 1.36. The van der Waals surface area contributed by atoms with Gasteiger partial charge in [0.15, 0.2) is 0 Å². The normalized spacial score (nSPS) is 32.2. The van der Waals surface area contributed by atoms with Crippen molar-refractivity contribution in [1.29, 1.82) is 0 Å². The van der Waals surface area contributed by atoms with E-state index in [9.17, 15) is 9.59 Å². The molecule has 0 radical (unpaired) electrons. The van der Waals surface area contributed by atoms with Crippen molar-refractivity contribution in [2.75, 3.05) is 25.6 Å². The molecule has 1 saturated carbocycles. The van der Waals surface area contributed by atoms with Crippen molar-refractivity contribution in [3.05, 3.63) is 0 Å². The number of amides is 1. The molecule has 0 unspecified atom stereocenters. The third-order valence-electron chi connectivity index (χ3n) is 4.77. The molecule has 2 aliphatic rings. The molecule has 6 heteroatoms. The molecule has 0 N–H and O–H groups in total. The Morgan fingerprint density at radius 1 is 1.24 bits per heavy atom. The minimum absolute atomic E-state index is 0.303. The molecule has 1 amide bonds. The van der Waals surface area contributed by atoms with Crippen LogP contribution >= 0.6 is 15.9 Å². The SMILES string of the molecule is CCOC(=O)[C@@H]1C[C@H]2C[C@@H](CBr)CC[C@H]2CN1C(=O)OC. The summed E-state index contributed by atoms with van der Waals surface area (Å²) >= 11 is 3.57. The molecular weight excluding hydrogens is 338 g/mol. The van der Waals surface area contributed by atoms with Gasteiger partial charge in [0, 0.05) is 11.9 Å². The maximum Gasteiger partial charge on any atom is 0.410 e. The second-order valence-electron chi connectivity index (χ2n) is 5.98. The fraction of sp³-hybridized carbons (Fsp3) is 0.867. The minimum atomic E-state index is -0.493. The summed E-state index contributed by atoms with van der Waals surface area (Å²) in [6.07, 6.45) is 3.70. The molecule has 4 atom stereocenters. The lowest BCUT2D eigenvalue weighted by atomic mass is 9.69. The zero-order valence-electron chi connectivity index (χ0n) is 12.7. The number of nitrogens with zero attached hydrogens (tertiary/aromatic N) is 1. The second-order valence-corrected chi connectivity index (χ2v) is 6.63. The maximum absolute atomic E-state index is 12.2. The lowest BCUT2D eigenvalue weighted by Crippen LogP contribution is -2.55. The first-order chi connectivity index (χ1) is 10.1. The lowest BCUT2D eigenvalue weighted by Gasteiger charge is -2.45. The summed E-state index contributed by atoms with van der Waals surface area (Å²) in [5.41, 5.74) is 0. The number of hydrogen-bond donors (Lipinski definition) is 0. The predicted octanol–water partition coefficient (Wildman–Crippen LogP) is 2.82. The molecule has 0 spiro atoms. The monoisotopic (exact) mass is 361 g/mol. The molecule has 2 rings (SSSR count). The van der Waals surface area contributed by atoms with Crippen molar-refractivity contribution in [1.82, 2.24) is 4.90 Å². The van der Waals surface area contributed by atoms with E-state index in [1.54, 1.807) is 11.8 Å². The van der Waals surface area contributed by atoms with Gasteiger partial charge >= 0.3 is 12.1 Å². The third-order valence-corrected chi connectivity index (χ3v) is 5.68.